The van der Waals surface area contributed by atoms with Crippen LogP contribution in [-0.4, -0.2) is 5.78 Å². The Morgan fingerprint density at radius 1 is 0.968 bits per heavy atom. The summed E-state index contributed by atoms with van der Waals surface area (Å²) in [6, 6.07) is 10.7. The largest absolute Gasteiger partial charge is 0.299 e. The molecule has 6 unspecified atom stereocenters. The molecule has 5 rings (SSSR count). The molecule has 0 heterocycles. The van der Waals surface area contributed by atoms with E-state index in [0.29, 0.717) is 17.1 Å². The van der Waals surface area contributed by atoms with Gasteiger partial charge >= 0.3 is 0 Å². The average molecular weight is 417 g/mol. The fraction of sp³-hybridized carbons (Fsp3) is 0.633. The summed E-state index contributed by atoms with van der Waals surface area (Å²) in [6.07, 6.45) is 17.5. The maximum Gasteiger partial charge on any atom is 0.136 e. The van der Waals surface area contributed by atoms with Crippen molar-refractivity contribution in [3.63, 3.8) is 0 Å². The minimum absolute atomic E-state index is 0.104. The highest BCUT2D eigenvalue weighted by atomic mass is 16.1. The second-order valence-electron chi connectivity index (χ2n) is 11.9. The van der Waals surface area contributed by atoms with Gasteiger partial charge in [-0.3, -0.25) is 4.79 Å². The van der Waals surface area contributed by atoms with Gasteiger partial charge in [0.1, 0.15) is 5.78 Å². The van der Waals surface area contributed by atoms with Crippen LogP contribution in [0.3, 0.4) is 0 Å². The molecule has 0 saturated heterocycles. The van der Waals surface area contributed by atoms with Gasteiger partial charge in [-0.25, -0.2) is 0 Å². The SMILES string of the molecule is CC(=O)[C@@]1(C)CCC2C3CC=C4CC(/C=C/c5ccccc5)CCC4(C)C3CCC21C. The molecule has 3 saturated carbocycles. The summed E-state index contributed by atoms with van der Waals surface area (Å²) in [5, 5.41) is 0. The molecule has 0 bridgehead atoms. The van der Waals surface area contributed by atoms with Crippen LogP contribution in [0.5, 0.6) is 0 Å². The Bertz CT molecular complexity index is 910. The van der Waals surface area contributed by atoms with Gasteiger partial charge in [0.15, 0.2) is 0 Å². The molecule has 4 aliphatic carbocycles. The molecule has 31 heavy (non-hydrogen) atoms. The minimum Gasteiger partial charge on any atom is -0.299 e. The highest BCUT2D eigenvalue weighted by Crippen LogP contribution is 2.69. The van der Waals surface area contributed by atoms with Gasteiger partial charge in [0.25, 0.3) is 0 Å². The fourth-order valence-corrected chi connectivity index (χ4v) is 8.51. The molecule has 1 aromatic rings. The molecule has 3 fully saturated rings. The van der Waals surface area contributed by atoms with Crippen molar-refractivity contribution in [1.29, 1.82) is 0 Å². The van der Waals surface area contributed by atoms with Crippen molar-refractivity contribution >= 4 is 11.9 Å². The van der Waals surface area contributed by atoms with Gasteiger partial charge < -0.3 is 0 Å². The number of rotatable bonds is 3. The molecule has 7 atom stereocenters. The number of hydrogen-bond acceptors (Lipinski definition) is 1. The normalized spacial score (nSPS) is 44.3. The number of benzene rings is 1. The lowest BCUT2D eigenvalue weighted by Gasteiger charge is -2.59. The number of fused-ring (bicyclic) bond motifs is 5. The summed E-state index contributed by atoms with van der Waals surface area (Å²) in [5.41, 5.74) is 3.55. The number of Topliss-reactive ketones (excluding diaryl/α,β-unsaturated/α-hetero) is 1. The van der Waals surface area contributed by atoms with E-state index in [0.717, 1.165) is 24.2 Å². The van der Waals surface area contributed by atoms with Crippen LogP contribution < -0.4 is 0 Å². The quantitative estimate of drug-likeness (QED) is 0.458. The molecule has 0 spiro atoms. The standard InChI is InChI=1S/C30H40O/c1-21(31)29(3)18-16-27-25-13-12-24-20-23(11-10-22-8-6-5-7-9-22)14-17-28(24,2)26(25)15-19-30(27,29)4/h5-12,23,25-27H,13-20H2,1-4H3/b11-10+/t23?,25?,26?,27?,28?,29-,30?/m1/s1. The van der Waals surface area contributed by atoms with Crippen LogP contribution in [0.4, 0.5) is 0 Å². The summed E-state index contributed by atoms with van der Waals surface area (Å²) in [5.74, 6) is 3.44. The van der Waals surface area contributed by atoms with Gasteiger partial charge in [0, 0.05) is 5.41 Å². The second kappa shape index (κ2) is 7.46. The Labute approximate surface area is 189 Å². The molecule has 0 aromatic heterocycles. The Balaban J connectivity index is 1.36. The van der Waals surface area contributed by atoms with Gasteiger partial charge in [0.2, 0.25) is 0 Å². The Hall–Kier alpha value is -1.63. The first kappa shape index (κ1) is 21.2. The second-order valence-corrected chi connectivity index (χ2v) is 11.9. The van der Waals surface area contributed by atoms with Crippen LogP contribution in [0.2, 0.25) is 0 Å². The lowest BCUT2D eigenvalue weighted by molar-refractivity contribution is -0.138. The van der Waals surface area contributed by atoms with E-state index in [1.54, 1.807) is 5.57 Å². The van der Waals surface area contributed by atoms with Gasteiger partial charge in [0.05, 0.1) is 0 Å². The zero-order valence-electron chi connectivity index (χ0n) is 20.0. The van der Waals surface area contributed by atoms with Crippen molar-refractivity contribution in [2.24, 2.45) is 39.9 Å². The number of carbonyl (C=O) groups excluding carboxylic acids is 1. The third-order valence-corrected chi connectivity index (χ3v) is 10.9. The summed E-state index contributed by atoms with van der Waals surface area (Å²) >= 11 is 0. The van der Waals surface area contributed by atoms with Crippen LogP contribution in [0.15, 0.2) is 48.1 Å². The van der Waals surface area contributed by atoms with E-state index >= 15 is 0 Å². The van der Waals surface area contributed by atoms with E-state index in [1.807, 2.05) is 6.92 Å². The highest BCUT2D eigenvalue weighted by Gasteiger charge is 2.63. The summed E-state index contributed by atoms with van der Waals surface area (Å²) in [4.78, 5) is 12.7. The smallest absolute Gasteiger partial charge is 0.136 e. The molecule has 0 aliphatic heterocycles. The van der Waals surface area contributed by atoms with Crippen LogP contribution in [-0.2, 0) is 4.79 Å². The van der Waals surface area contributed by atoms with E-state index in [1.165, 1.54) is 50.5 Å². The summed E-state index contributed by atoms with van der Waals surface area (Å²) < 4.78 is 0. The van der Waals surface area contributed by atoms with E-state index in [2.05, 4.69) is 69.3 Å². The zero-order chi connectivity index (χ0) is 21.9. The van der Waals surface area contributed by atoms with Gasteiger partial charge in [-0.2, -0.15) is 0 Å². The number of allylic oxidation sites excluding steroid dienone is 3. The molecule has 4 aliphatic rings. The van der Waals surface area contributed by atoms with E-state index in [4.69, 9.17) is 0 Å². The number of hydrogen-bond donors (Lipinski definition) is 0. The van der Waals surface area contributed by atoms with E-state index in [-0.39, 0.29) is 10.8 Å². The topological polar surface area (TPSA) is 17.1 Å². The van der Waals surface area contributed by atoms with E-state index < -0.39 is 0 Å². The fourth-order valence-electron chi connectivity index (χ4n) is 8.51. The third kappa shape index (κ3) is 3.13. The summed E-state index contributed by atoms with van der Waals surface area (Å²) in [7, 11) is 0. The first-order valence-electron chi connectivity index (χ1n) is 12.7. The lowest BCUT2D eigenvalue weighted by Crippen LogP contribution is -2.53. The predicted molar refractivity (Wildman–Crippen MR) is 129 cm³/mol. The first-order chi connectivity index (χ1) is 14.8. The van der Waals surface area contributed by atoms with Crippen molar-refractivity contribution in [3.05, 3.63) is 53.6 Å². The monoisotopic (exact) mass is 416 g/mol. The molecule has 1 heteroatoms. The van der Waals surface area contributed by atoms with Crippen molar-refractivity contribution in [2.45, 2.75) is 79.1 Å². The van der Waals surface area contributed by atoms with Crippen LogP contribution >= 0.6 is 0 Å². The van der Waals surface area contributed by atoms with Gasteiger partial charge in [-0.1, -0.05) is 74.9 Å². The van der Waals surface area contributed by atoms with Gasteiger partial charge in [-0.05, 0) is 98.4 Å². The molecule has 0 radical (unpaired) electrons. The van der Waals surface area contributed by atoms with E-state index in [9.17, 15) is 4.79 Å². The van der Waals surface area contributed by atoms with Crippen LogP contribution in [0.1, 0.15) is 84.6 Å². The van der Waals surface area contributed by atoms with Crippen LogP contribution in [0, 0.1) is 39.9 Å². The number of ketones is 1. The average Bonchev–Trinajstić information content (AvgIpc) is 3.05. The Morgan fingerprint density at radius 2 is 1.71 bits per heavy atom. The van der Waals surface area contributed by atoms with Crippen LogP contribution in [0.25, 0.3) is 6.08 Å². The third-order valence-electron chi connectivity index (χ3n) is 10.9. The molecular weight excluding hydrogens is 376 g/mol. The van der Waals surface area contributed by atoms with Crippen molar-refractivity contribution in [2.75, 3.05) is 0 Å². The molecule has 1 nitrogen and oxygen atoms in total. The summed E-state index contributed by atoms with van der Waals surface area (Å²) in [6.45, 7) is 9.19. The molecule has 166 valence electrons. The molecular formula is C30H40O. The zero-order valence-corrected chi connectivity index (χ0v) is 20.0. The first-order valence-corrected chi connectivity index (χ1v) is 12.7. The van der Waals surface area contributed by atoms with Crippen molar-refractivity contribution in [3.8, 4) is 0 Å². The lowest BCUT2D eigenvalue weighted by atomic mass is 9.45. The highest BCUT2D eigenvalue weighted by molar-refractivity contribution is 5.83. The molecule has 0 amide bonds. The Morgan fingerprint density at radius 3 is 2.45 bits per heavy atom. The van der Waals surface area contributed by atoms with Gasteiger partial charge in [-0.15, -0.1) is 0 Å². The molecule has 1 aromatic carbocycles. The predicted octanol–water partition coefficient (Wildman–Crippen LogP) is 7.87. The van der Waals surface area contributed by atoms with Crippen molar-refractivity contribution in [1.82, 2.24) is 0 Å². The number of carbonyl (C=O) groups is 1. The van der Waals surface area contributed by atoms with Crippen molar-refractivity contribution < 1.29 is 4.79 Å². The molecule has 0 N–H and O–H groups in total. The minimum atomic E-state index is -0.104. The maximum absolute atomic E-state index is 12.7. The Kier molecular flexibility index (Phi) is 5.11. The maximum atomic E-state index is 12.7.